The molecule has 0 aliphatic heterocycles. The Balaban J connectivity index is 1.96. The smallest absolute Gasteiger partial charge is 0.309 e. The van der Waals surface area contributed by atoms with E-state index in [1.54, 1.807) is 37.7 Å². The lowest BCUT2D eigenvalue weighted by Gasteiger charge is -2.22. The Bertz CT molecular complexity index is 1380. The minimum absolute atomic E-state index is 0.305. The van der Waals surface area contributed by atoms with Crippen molar-refractivity contribution in [1.29, 1.82) is 0 Å². The van der Waals surface area contributed by atoms with Gasteiger partial charge in [0.1, 0.15) is 5.82 Å². The average Bonchev–Trinajstić information content (AvgIpc) is 3.03. The monoisotopic (exact) mass is 495 g/mol. The predicted octanol–water partition coefficient (Wildman–Crippen LogP) is 7.90. The minimum atomic E-state index is -0.998. The first-order chi connectivity index (χ1) is 16.0. The number of hydrogen-bond acceptors (Lipinski definition) is 2. The molecule has 0 spiro atoms. The number of aliphatic carboxylic acids is 1. The van der Waals surface area contributed by atoms with Gasteiger partial charge in [-0.15, -0.1) is 0 Å². The summed E-state index contributed by atoms with van der Waals surface area (Å²) < 4.78 is 16.6. The molecular formula is C28H27ClFNO2S. The summed E-state index contributed by atoms with van der Waals surface area (Å²) in [7, 11) is 0. The summed E-state index contributed by atoms with van der Waals surface area (Å²) in [4.78, 5) is 14.0. The summed E-state index contributed by atoms with van der Waals surface area (Å²) in [5.41, 5.74) is 4.05. The Morgan fingerprint density at radius 3 is 2.44 bits per heavy atom. The van der Waals surface area contributed by atoms with Gasteiger partial charge >= 0.3 is 5.97 Å². The second kappa shape index (κ2) is 9.47. The molecule has 1 heterocycles. The van der Waals surface area contributed by atoms with Crippen LogP contribution < -0.4 is 0 Å². The Morgan fingerprint density at radius 1 is 1.06 bits per heavy atom. The van der Waals surface area contributed by atoms with E-state index in [1.807, 2.05) is 31.2 Å². The van der Waals surface area contributed by atoms with E-state index in [2.05, 4.69) is 29.7 Å². The maximum absolute atomic E-state index is 14.4. The van der Waals surface area contributed by atoms with Gasteiger partial charge in [-0.1, -0.05) is 47.6 Å². The molecule has 0 aliphatic rings. The number of carboxylic acid groups (broad SMARTS) is 1. The van der Waals surface area contributed by atoms with E-state index < -0.39 is 11.4 Å². The van der Waals surface area contributed by atoms with E-state index in [0.29, 0.717) is 18.0 Å². The van der Waals surface area contributed by atoms with Crippen LogP contribution in [-0.2, 0) is 17.8 Å². The average molecular weight is 496 g/mol. The van der Waals surface area contributed by atoms with E-state index in [9.17, 15) is 14.3 Å². The normalized spacial score (nSPS) is 11.8. The number of aromatic nitrogens is 1. The minimum Gasteiger partial charge on any atom is -0.481 e. The maximum atomic E-state index is 14.4. The molecule has 6 heteroatoms. The fraction of sp³-hybridized carbons (Fsp3) is 0.250. The van der Waals surface area contributed by atoms with E-state index in [-0.39, 0.29) is 5.82 Å². The number of carbonyl (C=O) groups is 1. The number of halogens is 2. The number of benzene rings is 3. The van der Waals surface area contributed by atoms with Gasteiger partial charge in [-0.25, -0.2) is 4.39 Å². The molecule has 4 rings (SSSR count). The molecule has 34 heavy (non-hydrogen) atoms. The fourth-order valence-electron chi connectivity index (χ4n) is 4.01. The van der Waals surface area contributed by atoms with Gasteiger partial charge in [-0.3, -0.25) is 4.79 Å². The first-order valence-electron chi connectivity index (χ1n) is 11.1. The summed E-state index contributed by atoms with van der Waals surface area (Å²) in [6, 6.07) is 18.7. The zero-order valence-electron chi connectivity index (χ0n) is 19.7. The highest BCUT2D eigenvalue weighted by Crippen LogP contribution is 2.43. The highest BCUT2D eigenvalue weighted by atomic mass is 35.5. The van der Waals surface area contributed by atoms with Crippen molar-refractivity contribution in [3.8, 4) is 0 Å². The summed E-state index contributed by atoms with van der Waals surface area (Å²) in [5.74, 6) is -1.19. The number of nitrogens with zero attached hydrogens (tertiary/aromatic N) is 1. The van der Waals surface area contributed by atoms with Crippen LogP contribution in [0.25, 0.3) is 10.9 Å². The SMILES string of the molecule is Cc1ccc(C)c(Sc2c(CC(C)(C)C(=O)O)n(Cc3ccc(Cl)cc3)c3ccc(F)cc23)c1. The lowest BCUT2D eigenvalue weighted by Crippen LogP contribution is -2.27. The Morgan fingerprint density at radius 2 is 1.76 bits per heavy atom. The van der Waals surface area contributed by atoms with E-state index >= 15 is 0 Å². The van der Waals surface area contributed by atoms with Gasteiger partial charge in [0.05, 0.1) is 5.41 Å². The van der Waals surface area contributed by atoms with Crippen molar-refractivity contribution in [2.45, 2.75) is 50.5 Å². The third kappa shape index (κ3) is 5.01. The van der Waals surface area contributed by atoms with Crippen molar-refractivity contribution < 1.29 is 14.3 Å². The van der Waals surface area contributed by atoms with E-state index in [0.717, 1.165) is 43.1 Å². The summed E-state index contributed by atoms with van der Waals surface area (Å²) in [6.07, 6.45) is 0.305. The largest absolute Gasteiger partial charge is 0.481 e. The molecule has 3 nitrogen and oxygen atoms in total. The van der Waals surface area contributed by atoms with Crippen LogP contribution in [0, 0.1) is 25.1 Å². The molecule has 0 amide bonds. The van der Waals surface area contributed by atoms with Crippen molar-refractivity contribution in [3.05, 3.63) is 93.9 Å². The van der Waals surface area contributed by atoms with Crippen molar-refractivity contribution in [2.75, 3.05) is 0 Å². The maximum Gasteiger partial charge on any atom is 0.309 e. The van der Waals surface area contributed by atoms with Gasteiger partial charge < -0.3 is 9.67 Å². The molecule has 0 saturated heterocycles. The van der Waals surface area contributed by atoms with Crippen LogP contribution in [0.4, 0.5) is 4.39 Å². The van der Waals surface area contributed by atoms with Crippen molar-refractivity contribution in [1.82, 2.24) is 4.57 Å². The summed E-state index contributed by atoms with van der Waals surface area (Å²) >= 11 is 7.66. The first kappa shape index (κ1) is 24.4. The fourth-order valence-corrected chi connectivity index (χ4v) is 5.41. The Labute approximate surface area is 208 Å². The highest BCUT2D eigenvalue weighted by Gasteiger charge is 2.32. The Kier molecular flexibility index (Phi) is 6.79. The van der Waals surface area contributed by atoms with Crippen LogP contribution in [0.3, 0.4) is 0 Å². The van der Waals surface area contributed by atoms with Gasteiger partial charge in [0.25, 0.3) is 0 Å². The molecule has 4 aromatic rings. The first-order valence-corrected chi connectivity index (χ1v) is 12.3. The third-order valence-corrected chi connectivity index (χ3v) is 7.65. The van der Waals surface area contributed by atoms with Crippen LogP contribution in [-0.4, -0.2) is 15.6 Å². The van der Waals surface area contributed by atoms with E-state index in [1.165, 1.54) is 6.07 Å². The lowest BCUT2D eigenvalue weighted by molar-refractivity contribution is -0.146. The molecular weight excluding hydrogens is 469 g/mol. The van der Waals surface area contributed by atoms with Crippen molar-refractivity contribution in [3.63, 3.8) is 0 Å². The summed E-state index contributed by atoms with van der Waals surface area (Å²) in [5, 5.41) is 11.3. The molecule has 3 aromatic carbocycles. The topological polar surface area (TPSA) is 42.2 Å². The van der Waals surface area contributed by atoms with Gasteiger partial charge in [0.15, 0.2) is 0 Å². The van der Waals surface area contributed by atoms with Crippen molar-refractivity contribution >= 4 is 40.2 Å². The number of rotatable bonds is 7. The molecule has 0 saturated carbocycles. The second-order valence-electron chi connectivity index (χ2n) is 9.39. The van der Waals surface area contributed by atoms with Crippen LogP contribution in [0.2, 0.25) is 5.02 Å². The van der Waals surface area contributed by atoms with Crippen LogP contribution in [0.1, 0.15) is 36.2 Å². The molecule has 176 valence electrons. The zero-order chi connectivity index (χ0) is 24.6. The Hall–Kier alpha value is -2.76. The van der Waals surface area contributed by atoms with Crippen LogP contribution >= 0.6 is 23.4 Å². The van der Waals surface area contributed by atoms with Crippen LogP contribution in [0.15, 0.2) is 70.5 Å². The summed E-state index contributed by atoms with van der Waals surface area (Å²) in [6.45, 7) is 8.08. The molecule has 0 atom stereocenters. The number of aryl methyl sites for hydroxylation is 2. The zero-order valence-corrected chi connectivity index (χ0v) is 21.2. The molecule has 0 unspecified atom stereocenters. The molecule has 0 bridgehead atoms. The number of carboxylic acids is 1. The second-order valence-corrected chi connectivity index (χ2v) is 10.9. The number of fused-ring (bicyclic) bond motifs is 1. The molecule has 1 N–H and O–H groups in total. The molecule has 0 radical (unpaired) electrons. The van der Waals surface area contributed by atoms with Crippen molar-refractivity contribution in [2.24, 2.45) is 5.41 Å². The molecule has 0 aliphatic carbocycles. The third-order valence-electron chi connectivity index (χ3n) is 6.08. The van der Waals surface area contributed by atoms with Crippen LogP contribution in [0.5, 0.6) is 0 Å². The van der Waals surface area contributed by atoms with Gasteiger partial charge in [0.2, 0.25) is 0 Å². The van der Waals surface area contributed by atoms with E-state index in [4.69, 9.17) is 11.6 Å². The highest BCUT2D eigenvalue weighted by molar-refractivity contribution is 7.99. The predicted molar refractivity (Wildman–Crippen MR) is 138 cm³/mol. The molecule has 0 fully saturated rings. The number of hydrogen-bond donors (Lipinski definition) is 1. The standard InChI is InChI=1S/C28H27ClFNO2S/c1-17-5-6-18(2)25(13-17)34-26-22-14-21(30)11-12-23(22)31(16-19-7-9-20(29)10-8-19)24(26)15-28(3,4)27(32)33/h5-14H,15-16H2,1-4H3,(H,32,33). The lowest BCUT2D eigenvalue weighted by atomic mass is 9.88. The molecule has 1 aromatic heterocycles. The van der Waals surface area contributed by atoms with Gasteiger partial charge in [-0.2, -0.15) is 0 Å². The van der Waals surface area contributed by atoms with Gasteiger partial charge in [0, 0.05) is 44.4 Å². The van der Waals surface area contributed by atoms with Gasteiger partial charge in [-0.05, 0) is 80.8 Å². The quantitative estimate of drug-likeness (QED) is 0.283.